The van der Waals surface area contributed by atoms with Crippen LogP contribution >= 0.6 is 11.5 Å². The zero-order valence-electron chi connectivity index (χ0n) is 16.4. The molecular formula is C18H39N3S. The summed E-state index contributed by atoms with van der Waals surface area (Å²) in [6.45, 7) is 21.0. The maximum absolute atomic E-state index is 3.76. The van der Waals surface area contributed by atoms with Crippen molar-refractivity contribution in [3.05, 3.63) is 36.1 Å². The molecule has 22 heavy (non-hydrogen) atoms. The van der Waals surface area contributed by atoms with Crippen molar-refractivity contribution in [2.45, 2.75) is 69.2 Å². The van der Waals surface area contributed by atoms with E-state index in [4.69, 9.17) is 0 Å². The number of H-pyrrole nitrogens is 1. The third-order valence-corrected chi connectivity index (χ3v) is 1.28. The van der Waals surface area contributed by atoms with E-state index in [1.807, 2.05) is 45.2 Å². The largest absolute Gasteiger partial charge is 0.286 e. The maximum Gasteiger partial charge on any atom is 0.0487 e. The summed E-state index contributed by atoms with van der Waals surface area (Å²) in [5.74, 6) is 1.67. The zero-order valence-corrected chi connectivity index (χ0v) is 17.2. The second-order valence-corrected chi connectivity index (χ2v) is 5.61. The Morgan fingerprint density at radius 2 is 1.23 bits per heavy atom. The van der Waals surface area contributed by atoms with E-state index in [-0.39, 0.29) is 0 Å². The summed E-state index contributed by atoms with van der Waals surface area (Å²) >= 11 is 1.46. The van der Waals surface area contributed by atoms with Crippen molar-refractivity contribution in [1.29, 1.82) is 0 Å². The van der Waals surface area contributed by atoms with Crippen molar-refractivity contribution in [3.8, 4) is 0 Å². The van der Waals surface area contributed by atoms with Crippen molar-refractivity contribution in [2.24, 2.45) is 11.8 Å². The van der Waals surface area contributed by atoms with E-state index < -0.39 is 0 Å². The normalized spacial score (nSPS) is 7.45. The average molecular weight is 330 g/mol. The number of hydrogen-bond acceptors (Lipinski definition) is 3. The first-order valence-electron chi connectivity index (χ1n) is 8.24. The standard InChI is InChI=1S/2C4H10.C3H4N2.C3H3NS.2C2H6/c2*1-4(2)3;2*1-2-4-5-3-1;2*1-2/h2*4H,1-3H3;1-3H,(H,4,5);1-3H;2*1-2H3. The molecule has 4 heteroatoms. The molecular weight excluding hydrogens is 290 g/mol. The summed E-state index contributed by atoms with van der Waals surface area (Å²) in [6.07, 6.45) is 5.23. The molecule has 2 aromatic rings. The van der Waals surface area contributed by atoms with Crippen LogP contribution in [0.25, 0.3) is 0 Å². The minimum Gasteiger partial charge on any atom is -0.286 e. The van der Waals surface area contributed by atoms with Crippen LogP contribution in [0.4, 0.5) is 0 Å². The highest BCUT2D eigenvalue weighted by Crippen LogP contribution is 1.84. The molecule has 0 unspecified atom stereocenters. The van der Waals surface area contributed by atoms with E-state index in [2.05, 4.69) is 56.1 Å². The Bertz CT molecular complexity index is 218. The molecule has 2 aromatic heterocycles. The molecule has 0 aromatic carbocycles. The van der Waals surface area contributed by atoms with Gasteiger partial charge < -0.3 is 0 Å². The van der Waals surface area contributed by atoms with E-state index >= 15 is 0 Å². The minimum atomic E-state index is 0.833. The number of nitrogens with one attached hydrogen (secondary N) is 1. The lowest BCUT2D eigenvalue weighted by Gasteiger charge is -1.79. The Kier molecular flexibility index (Phi) is 42.0. The predicted molar refractivity (Wildman–Crippen MR) is 104 cm³/mol. The van der Waals surface area contributed by atoms with E-state index in [0.29, 0.717) is 0 Å². The van der Waals surface area contributed by atoms with E-state index in [1.165, 1.54) is 11.5 Å². The second-order valence-electron chi connectivity index (χ2n) is 4.92. The van der Waals surface area contributed by atoms with Gasteiger partial charge in [0.2, 0.25) is 0 Å². The summed E-state index contributed by atoms with van der Waals surface area (Å²) in [4.78, 5) is 0. The fourth-order valence-corrected chi connectivity index (χ4v) is 0.742. The Hall–Kier alpha value is -1.16. The average Bonchev–Trinajstić information content (AvgIpc) is 3.20. The molecule has 0 atom stereocenters. The summed E-state index contributed by atoms with van der Waals surface area (Å²) in [7, 11) is 0. The molecule has 0 saturated heterocycles. The topological polar surface area (TPSA) is 41.6 Å². The van der Waals surface area contributed by atoms with Crippen molar-refractivity contribution in [3.63, 3.8) is 0 Å². The van der Waals surface area contributed by atoms with Crippen LogP contribution in [0.15, 0.2) is 36.1 Å². The van der Waals surface area contributed by atoms with Crippen LogP contribution in [0.1, 0.15) is 69.2 Å². The van der Waals surface area contributed by atoms with Gasteiger partial charge in [0, 0.05) is 24.0 Å². The highest BCUT2D eigenvalue weighted by Gasteiger charge is 1.68. The second kappa shape index (κ2) is 32.0. The first-order chi connectivity index (χ1) is 10.5. The zero-order chi connectivity index (χ0) is 18.2. The summed E-state index contributed by atoms with van der Waals surface area (Å²) in [5.41, 5.74) is 0. The van der Waals surface area contributed by atoms with Gasteiger partial charge in [0.05, 0.1) is 0 Å². The lowest BCUT2D eigenvalue weighted by atomic mass is 10.3. The predicted octanol–water partition coefficient (Wildman–Crippen LogP) is 6.93. The molecule has 0 saturated carbocycles. The van der Waals surface area contributed by atoms with Gasteiger partial charge in [0.15, 0.2) is 0 Å². The summed E-state index contributed by atoms with van der Waals surface area (Å²) in [5, 5.41) is 8.14. The molecule has 0 spiro atoms. The summed E-state index contributed by atoms with van der Waals surface area (Å²) in [6, 6.07) is 3.74. The van der Waals surface area contributed by atoms with E-state index in [0.717, 1.165) is 11.8 Å². The highest BCUT2D eigenvalue weighted by atomic mass is 32.1. The lowest BCUT2D eigenvalue weighted by molar-refractivity contribution is 0.736. The molecule has 1 N–H and O–H groups in total. The van der Waals surface area contributed by atoms with Crippen LogP contribution in [-0.2, 0) is 0 Å². The van der Waals surface area contributed by atoms with Gasteiger partial charge in [-0.15, -0.1) is 0 Å². The molecule has 2 rings (SSSR count). The fourth-order valence-electron chi connectivity index (χ4n) is 0.391. The molecule has 3 nitrogen and oxygen atoms in total. The third-order valence-electron chi connectivity index (χ3n) is 0.753. The monoisotopic (exact) mass is 329 g/mol. The lowest BCUT2D eigenvalue weighted by Crippen LogP contribution is -1.66. The molecule has 0 aliphatic rings. The molecule has 0 radical (unpaired) electrons. The van der Waals surface area contributed by atoms with Crippen molar-refractivity contribution < 1.29 is 0 Å². The van der Waals surface area contributed by atoms with Gasteiger partial charge >= 0.3 is 0 Å². The smallest absolute Gasteiger partial charge is 0.0487 e. The minimum absolute atomic E-state index is 0.833. The SMILES string of the molecule is CC.CC.CC(C)C.CC(C)C.c1cn[nH]c1.c1cnsc1. The van der Waals surface area contributed by atoms with E-state index in [1.54, 1.807) is 18.6 Å². The summed E-state index contributed by atoms with van der Waals surface area (Å²) < 4.78 is 3.76. The Balaban J connectivity index is -0.0000000919. The van der Waals surface area contributed by atoms with Gasteiger partial charge in [-0.1, -0.05) is 69.2 Å². The van der Waals surface area contributed by atoms with Crippen molar-refractivity contribution in [1.82, 2.24) is 14.6 Å². The van der Waals surface area contributed by atoms with Gasteiger partial charge in [0.25, 0.3) is 0 Å². The number of aromatic amines is 1. The van der Waals surface area contributed by atoms with Crippen LogP contribution in [0.2, 0.25) is 0 Å². The van der Waals surface area contributed by atoms with Crippen LogP contribution in [0, 0.1) is 11.8 Å². The third kappa shape index (κ3) is 76.7. The first kappa shape index (κ1) is 28.9. The van der Waals surface area contributed by atoms with Crippen LogP contribution in [-0.4, -0.2) is 14.6 Å². The molecule has 0 aliphatic carbocycles. The maximum atomic E-state index is 3.76. The van der Waals surface area contributed by atoms with Gasteiger partial charge in [-0.05, 0) is 35.5 Å². The van der Waals surface area contributed by atoms with Crippen molar-refractivity contribution >= 4 is 11.5 Å². The molecule has 0 aliphatic heterocycles. The van der Waals surface area contributed by atoms with Gasteiger partial charge in [-0.25, -0.2) is 4.37 Å². The molecule has 0 bridgehead atoms. The number of nitrogens with zero attached hydrogens (tertiary/aromatic N) is 2. The molecule has 0 fully saturated rings. The quantitative estimate of drug-likeness (QED) is 0.569. The van der Waals surface area contributed by atoms with Crippen LogP contribution in [0.5, 0.6) is 0 Å². The Morgan fingerprint density at radius 3 is 1.32 bits per heavy atom. The Labute approximate surface area is 143 Å². The van der Waals surface area contributed by atoms with Gasteiger partial charge in [-0.2, -0.15) is 5.10 Å². The van der Waals surface area contributed by atoms with Crippen molar-refractivity contribution in [2.75, 3.05) is 0 Å². The number of aromatic nitrogens is 3. The molecule has 0 amide bonds. The number of hydrogen-bond donors (Lipinski definition) is 1. The highest BCUT2D eigenvalue weighted by molar-refractivity contribution is 7.03. The Morgan fingerprint density at radius 1 is 0.773 bits per heavy atom. The first-order valence-corrected chi connectivity index (χ1v) is 9.08. The van der Waals surface area contributed by atoms with Crippen LogP contribution < -0.4 is 0 Å². The van der Waals surface area contributed by atoms with Gasteiger partial charge in [-0.3, -0.25) is 5.10 Å². The molecule has 2 heterocycles. The van der Waals surface area contributed by atoms with E-state index in [9.17, 15) is 0 Å². The van der Waals surface area contributed by atoms with Crippen LogP contribution in [0.3, 0.4) is 0 Å². The van der Waals surface area contributed by atoms with Gasteiger partial charge in [0.1, 0.15) is 0 Å². The molecule has 132 valence electrons. The number of rotatable bonds is 0. The fraction of sp³-hybridized carbons (Fsp3) is 0.667.